The number of benzene rings is 2. The molecule has 0 saturated heterocycles. The highest BCUT2D eigenvalue weighted by molar-refractivity contribution is 5.78. The molecule has 0 bridgehead atoms. The number of nitrogens with zero attached hydrogens (tertiary/aromatic N) is 2. The van der Waals surface area contributed by atoms with Crippen molar-refractivity contribution in [1.82, 2.24) is 15.0 Å². The number of nitrogen functional groups attached to an aromatic ring is 1. The maximum atomic E-state index is 11.3. The smallest absolute Gasteiger partial charge is 0.417 e. The number of aromatic nitrogens is 3. The van der Waals surface area contributed by atoms with Gasteiger partial charge in [0.2, 0.25) is 5.95 Å². The molecule has 0 fully saturated rings. The third-order valence-corrected chi connectivity index (χ3v) is 4.14. The highest BCUT2D eigenvalue weighted by Crippen LogP contribution is 2.27. The number of oxazole rings is 1. The summed E-state index contributed by atoms with van der Waals surface area (Å²) in [5.41, 5.74) is 9.91. The van der Waals surface area contributed by atoms with Gasteiger partial charge in [0.25, 0.3) is 0 Å². The second-order valence-electron chi connectivity index (χ2n) is 6.16. The average molecular weight is 378 g/mol. The standard InChI is InChI=1S/C19H18N6O3/c1-10-9-21-18(23-11-3-5-15(27-2)13(20)7-11)25-17(10)22-12-4-6-16-14(8-12)24-19(26)28-16/h3-9H,20H2,1-2H3,(H,24,26)(H2,21,22,23,25). The molecule has 0 radical (unpaired) electrons. The van der Waals surface area contributed by atoms with Crippen LogP contribution in [0.3, 0.4) is 0 Å². The number of hydrogen-bond donors (Lipinski definition) is 4. The van der Waals surface area contributed by atoms with E-state index >= 15 is 0 Å². The Hall–Kier alpha value is -4.01. The van der Waals surface area contributed by atoms with Crippen molar-refractivity contribution < 1.29 is 9.15 Å². The van der Waals surface area contributed by atoms with Crippen LogP contribution >= 0.6 is 0 Å². The molecule has 2 aromatic heterocycles. The van der Waals surface area contributed by atoms with Crippen LogP contribution in [0.5, 0.6) is 5.75 Å². The van der Waals surface area contributed by atoms with Gasteiger partial charge in [-0.25, -0.2) is 9.78 Å². The van der Waals surface area contributed by atoms with E-state index in [1.54, 1.807) is 43.6 Å². The summed E-state index contributed by atoms with van der Waals surface area (Å²) in [7, 11) is 1.57. The van der Waals surface area contributed by atoms with Crippen molar-refractivity contribution in [3.63, 3.8) is 0 Å². The van der Waals surface area contributed by atoms with Gasteiger partial charge < -0.3 is 25.5 Å². The molecule has 0 aliphatic rings. The highest BCUT2D eigenvalue weighted by Gasteiger charge is 2.08. The Balaban J connectivity index is 1.59. The van der Waals surface area contributed by atoms with Gasteiger partial charge in [-0.05, 0) is 43.3 Å². The highest BCUT2D eigenvalue weighted by atomic mass is 16.5. The van der Waals surface area contributed by atoms with Crippen molar-refractivity contribution in [2.24, 2.45) is 0 Å². The van der Waals surface area contributed by atoms with Crippen LogP contribution in [-0.2, 0) is 0 Å². The molecule has 9 heteroatoms. The van der Waals surface area contributed by atoms with Crippen molar-refractivity contribution in [3.8, 4) is 5.75 Å². The number of anilines is 5. The van der Waals surface area contributed by atoms with Crippen molar-refractivity contribution in [2.45, 2.75) is 6.92 Å². The van der Waals surface area contributed by atoms with E-state index in [-0.39, 0.29) is 0 Å². The summed E-state index contributed by atoms with van der Waals surface area (Å²) in [5.74, 6) is 1.15. The van der Waals surface area contributed by atoms with Crippen molar-refractivity contribution >= 4 is 39.9 Å². The van der Waals surface area contributed by atoms with E-state index in [0.29, 0.717) is 34.3 Å². The first-order valence-electron chi connectivity index (χ1n) is 8.46. The van der Waals surface area contributed by atoms with Gasteiger partial charge in [0.05, 0.1) is 18.3 Å². The van der Waals surface area contributed by atoms with Gasteiger partial charge in [-0.15, -0.1) is 0 Å². The van der Waals surface area contributed by atoms with E-state index in [9.17, 15) is 4.79 Å². The zero-order chi connectivity index (χ0) is 19.7. The van der Waals surface area contributed by atoms with Crippen LogP contribution in [0.2, 0.25) is 0 Å². The Labute approximate surface area is 159 Å². The summed E-state index contributed by atoms with van der Waals surface area (Å²) < 4.78 is 10.2. The Morgan fingerprint density at radius 2 is 1.93 bits per heavy atom. The number of nitrogens with two attached hydrogens (primary N) is 1. The maximum Gasteiger partial charge on any atom is 0.417 e. The van der Waals surface area contributed by atoms with Crippen LogP contribution in [0.1, 0.15) is 5.56 Å². The van der Waals surface area contributed by atoms with Gasteiger partial charge in [-0.2, -0.15) is 4.98 Å². The van der Waals surface area contributed by atoms with Gasteiger partial charge in [0.1, 0.15) is 11.6 Å². The number of ether oxygens (including phenoxy) is 1. The fraction of sp³-hybridized carbons (Fsp3) is 0.105. The molecule has 5 N–H and O–H groups in total. The van der Waals surface area contributed by atoms with Gasteiger partial charge >= 0.3 is 5.76 Å². The third kappa shape index (κ3) is 3.45. The van der Waals surface area contributed by atoms with Crippen LogP contribution in [0, 0.1) is 6.92 Å². The number of rotatable bonds is 5. The van der Waals surface area contributed by atoms with E-state index in [1.165, 1.54) is 0 Å². The molecular weight excluding hydrogens is 360 g/mol. The van der Waals surface area contributed by atoms with Crippen molar-refractivity contribution in [3.05, 3.63) is 58.7 Å². The SMILES string of the molecule is COc1ccc(Nc2ncc(C)c(Nc3ccc4oc(=O)[nH]c4c3)n2)cc1N. The van der Waals surface area contributed by atoms with E-state index in [1.807, 2.05) is 13.0 Å². The van der Waals surface area contributed by atoms with Gasteiger partial charge in [0, 0.05) is 23.1 Å². The largest absolute Gasteiger partial charge is 0.495 e. The lowest BCUT2D eigenvalue weighted by molar-refractivity contribution is 0.417. The molecule has 9 nitrogen and oxygen atoms in total. The van der Waals surface area contributed by atoms with Crippen LogP contribution < -0.4 is 26.9 Å². The minimum Gasteiger partial charge on any atom is -0.495 e. The van der Waals surface area contributed by atoms with Crippen molar-refractivity contribution in [2.75, 3.05) is 23.5 Å². The van der Waals surface area contributed by atoms with Crippen LogP contribution in [-0.4, -0.2) is 22.1 Å². The molecule has 4 aromatic rings. The number of fused-ring (bicyclic) bond motifs is 1. The number of aromatic amines is 1. The molecular formula is C19H18N6O3. The maximum absolute atomic E-state index is 11.3. The lowest BCUT2D eigenvalue weighted by atomic mass is 10.2. The van der Waals surface area contributed by atoms with Gasteiger partial charge in [0.15, 0.2) is 5.58 Å². The molecule has 0 aliphatic carbocycles. The Morgan fingerprint density at radius 3 is 2.71 bits per heavy atom. The van der Waals surface area contributed by atoms with E-state index in [0.717, 1.165) is 16.9 Å². The predicted octanol–water partition coefficient (Wildman–Crippen LogP) is 3.30. The zero-order valence-corrected chi connectivity index (χ0v) is 15.2. The molecule has 0 amide bonds. The summed E-state index contributed by atoms with van der Waals surface area (Å²) >= 11 is 0. The summed E-state index contributed by atoms with van der Waals surface area (Å²) in [5, 5.41) is 6.35. The summed E-state index contributed by atoms with van der Waals surface area (Å²) in [6, 6.07) is 10.6. The fourth-order valence-electron chi connectivity index (χ4n) is 2.74. The Bertz CT molecular complexity index is 1210. The Kier molecular flexibility index (Phi) is 4.32. The minimum absolute atomic E-state index is 0.412. The molecule has 2 heterocycles. The van der Waals surface area contributed by atoms with Gasteiger partial charge in [-0.3, -0.25) is 4.98 Å². The topological polar surface area (TPSA) is 131 Å². The van der Waals surface area contributed by atoms with Gasteiger partial charge in [-0.1, -0.05) is 0 Å². The minimum atomic E-state index is -0.490. The molecule has 2 aromatic carbocycles. The van der Waals surface area contributed by atoms with E-state index in [4.69, 9.17) is 14.9 Å². The quantitative estimate of drug-likeness (QED) is 0.389. The lowest BCUT2D eigenvalue weighted by Crippen LogP contribution is -2.03. The average Bonchev–Trinajstić information content (AvgIpc) is 3.04. The predicted molar refractivity (Wildman–Crippen MR) is 108 cm³/mol. The van der Waals surface area contributed by atoms with Crippen molar-refractivity contribution in [1.29, 1.82) is 0 Å². The molecule has 28 heavy (non-hydrogen) atoms. The Morgan fingerprint density at radius 1 is 1.14 bits per heavy atom. The molecule has 0 aliphatic heterocycles. The first-order valence-corrected chi connectivity index (χ1v) is 8.46. The number of hydrogen-bond acceptors (Lipinski definition) is 8. The second-order valence-corrected chi connectivity index (χ2v) is 6.16. The second kappa shape index (κ2) is 6.95. The summed E-state index contributed by atoms with van der Waals surface area (Å²) in [6.45, 7) is 1.90. The molecule has 0 saturated carbocycles. The first-order chi connectivity index (χ1) is 13.5. The molecule has 4 rings (SSSR count). The fourth-order valence-corrected chi connectivity index (χ4v) is 2.74. The molecule has 0 unspecified atom stereocenters. The number of nitrogens with one attached hydrogen (secondary N) is 3. The normalized spacial score (nSPS) is 10.8. The van der Waals surface area contributed by atoms with Crippen LogP contribution in [0.4, 0.5) is 28.8 Å². The van der Waals surface area contributed by atoms with Crippen LogP contribution in [0.15, 0.2) is 51.8 Å². The summed E-state index contributed by atoms with van der Waals surface area (Å²) in [4.78, 5) is 22.8. The zero-order valence-electron chi connectivity index (χ0n) is 15.2. The molecule has 142 valence electrons. The molecule has 0 atom stereocenters. The molecule has 0 spiro atoms. The van der Waals surface area contributed by atoms with E-state index < -0.39 is 5.76 Å². The summed E-state index contributed by atoms with van der Waals surface area (Å²) in [6.07, 6.45) is 1.71. The van der Waals surface area contributed by atoms with E-state index in [2.05, 4.69) is 25.6 Å². The first kappa shape index (κ1) is 17.4. The monoisotopic (exact) mass is 378 g/mol. The number of methoxy groups -OCH3 is 1. The lowest BCUT2D eigenvalue weighted by Gasteiger charge is -2.12. The third-order valence-electron chi connectivity index (χ3n) is 4.14. The number of aryl methyl sites for hydroxylation is 1. The number of H-pyrrole nitrogens is 1. The van der Waals surface area contributed by atoms with Crippen LogP contribution in [0.25, 0.3) is 11.1 Å².